The molecule has 0 saturated carbocycles. The molecule has 14 heavy (non-hydrogen) atoms. The standard InChI is InChI=1S/C11H16N2O/c14-11-3-1-9(2-4-11)7-10-8-12-5-6-13-10/h1-4,10,12-14H,5-8H2/t10-/m1/s1. The fourth-order valence-electron chi connectivity index (χ4n) is 1.77. The van der Waals surface area contributed by atoms with E-state index in [4.69, 9.17) is 5.11 Å². The molecule has 0 spiro atoms. The molecule has 76 valence electrons. The first kappa shape index (κ1) is 9.49. The van der Waals surface area contributed by atoms with Gasteiger partial charge in [-0.2, -0.15) is 0 Å². The molecule has 0 unspecified atom stereocenters. The second-order valence-corrected chi connectivity index (χ2v) is 3.73. The van der Waals surface area contributed by atoms with Crippen molar-refractivity contribution < 1.29 is 5.11 Å². The molecule has 1 saturated heterocycles. The van der Waals surface area contributed by atoms with Crippen LogP contribution in [0.5, 0.6) is 5.75 Å². The van der Waals surface area contributed by atoms with Crippen LogP contribution in [0.15, 0.2) is 24.3 Å². The fraction of sp³-hybridized carbons (Fsp3) is 0.455. The van der Waals surface area contributed by atoms with Gasteiger partial charge in [0.2, 0.25) is 0 Å². The van der Waals surface area contributed by atoms with E-state index in [0.29, 0.717) is 11.8 Å². The van der Waals surface area contributed by atoms with E-state index in [1.807, 2.05) is 12.1 Å². The molecule has 1 aliphatic heterocycles. The Morgan fingerprint density at radius 1 is 1.21 bits per heavy atom. The van der Waals surface area contributed by atoms with E-state index in [-0.39, 0.29) is 0 Å². The van der Waals surface area contributed by atoms with Gasteiger partial charge in [0.15, 0.2) is 0 Å². The van der Waals surface area contributed by atoms with Crippen LogP contribution < -0.4 is 10.6 Å². The van der Waals surface area contributed by atoms with Crippen molar-refractivity contribution in [2.75, 3.05) is 19.6 Å². The number of rotatable bonds is 2. The summed E-state index contributed by atoms with van der Waals surface area (Å²) in [5, 5.41) is 15.9. The van der Waals surface area contributed by atoms with Gasteiger partial charge in [-0.15, -0.1) is 0 Å². The molecule has 1 fully saturated rings. The summed E-state index contributed by atoms with van der Waals surface area (Å²) in [6, 6.07) is 7.96. The Bertz CT molecular complexity index is 278. The second kappa shape index (κ2) is 4.44. The van der Waals surface area contributed by atoms with E-state index < -0.39 is 0 Å². The first-order valence-corrected chi connectivity index (χ1v) is 5.06. The zero-order valence-electron chi connectivity index (χ0n) is 8.16. The van der Waals surface area contributed by atoms with Crippen LogP contribution in [0.3, 0.4) is 0 Å². The van der Waals surface area contributed by atoms with Crippen LogP contribution in [-0.4, -0.2) is 30.8 Å². The molecule has 1 aromatic rings. The molecule has 1 aromatic carbocycles. The lowest BCUT2D eigenvalue weighted by Crippen LogP contribution is -2.49. The smallest absolute Gasteiger partial charge is 0.115 e. The fourth-order valence-corrected chi connectivity index (χ4v) is 1.77. The normalized spacial score (nSPS) is 22.1. The van der Waals surface area contributed by atoms with Crippen LogP contribution in [0, 0.1) is 0 Å². The first-order valence-electron chi connectivity index (χ1n) is 5.06. The molecule has 0 bridgehead atoms. The maximum absolute atomic E-state index is 9.13. The van der Waals surface area contributed by atoms with Crippen LogP contribution >= 0.6 is 0 Å². The SMILES string of the molecule is Oc1ccc(C[C@@H]2CNCCN2)cc1. The number of piperazine rings is 1. The van der Waals surface area contributed by atoms with E-state index in [2.05, 4.69) is 10.6 Å². The predicted octanol–water partition coefficient (Wildman–Crippen LogP) is 0.496. The third-order valence-electron chi connectivity index (χ3n) is 2.54. The minimum absolute atomic E-state index is 0.337. The molecule has 1 atom stereocenters. The molecule has 0 amide bonds. The summed E-state index contributed by atoms with van der Waals surface area (Å²) in [4.78, 5) is 0. The molecule has 2 rings (SSSR count). The van der Waals surface area contributed by atoms with Gasteiger partial charge in [-0.25, -0.2) is 0 Å². The van der Waals surface area contributed by atoms with Gasteiger partial charge in [0.25, 0.3) is 0 Å². The van der Waals surface area contributed by atoms with E-state index >= 15 is 0 Å². The molecular weight excluding hydrogens is 176 g/mol. The minimum Gasteiger partial charge on any atom is -0.508 e. The third kappa shape index (κ3) is 2.47. The van der Waals surface area contributed by atoms with Crippen LogP contribution in [0.2, 0.25) is 0 Å². The highest BCUT2D eigenvalue weighted by Gasteiger charge is 2.11. The Labute approximate surface area is 84.1 Å². The molecule has 1 heterocycles. The molecule has 0 aliphatic carbocycles. The molecule has 3 heteroatoms. The summed E-state index contributed by atoms with van der Waals surface area (Å²) in [5.74, 6) is 0.337. The lowest BCUT2D eigenvalue weighted by Gasteiger charge is -2.24. The highest BCUT2D eigenvalue weighted by molar-refractivity contribution is 5.26. The molecule has 3 nitrogen and oxygen atoms in total. The van der Waals surface area contributed by atoms with Gasteiger partial charge in [-0.3, -0.25) is 0 Å². The Hall–Kier alpha value is -1.06. The summed E-state index contributed by atoms with van der Waals surface area (Å²) >= 11 is 0. The zero-order valence-corrected chi connectivity index (χ0v) is 8.16. The highest BCUT2D eigenvalue weighted by atomic mass is 16.3. The largest absolute Gasteiger partial charge is 0.508 e. The van der Waals surface area contributed by atoms with Gasteiger partial charge in [0, 0.05) is 25.7 Å². The van der Waals surface area contributed by atoms with Crippen LogP contribution in [0.25, 0.3) is 0 Å². The first-order chi connectivity index (χ1) is 6.84. The van der Waals surface area contributed by atoms with Gasteiger partial charge in [0.1, 0.15) is 5.75 Å². The van der Waals surface area contributed by atoms with Gasteiger partial charge in [0.05, 0.1) is 0 Å². The lowest BCUT2D eigenvalue weighted by molar-refractivity contribution is 0.416. The average Bonchev–Trinajstić information content (AvgIpc) is 2.23. The van der Waals surface area contributed by atoms with Crippen molar-refractivity contribution in [3.63, 3.8) is 0 Å². The topological polar surface area (TPSA) is 44.3 Å². The maximum atomic E-state index is 9.13. The van der Waals surface area contributed by atoms with Crippen molar-refractivity contribution in [2.24, 2.45) is 0 Å². The van der Waals surface area contributed by atoms with Crippen molar-refractivity contribution in [1.82, 2.24) is 10.6 Å². The molecular formula is C11H16N2O. The van der Waals surface area contributed by atoms with Crippen molar-refractivity contribution in [3.05, 3.63) is 29.8 Å². The summed E-state index contributed by atoms with van der Waals surface area (Å²) < 4.78 is 0. The van der Waals surface area contributed by atoms with E-state index in [9.17, 15) is 0 Å². The second-order valence-electron chi connectivity index (χ2n) is 3.73. The Kier molecular flexibility index (Phi) is 3.01. The summed E-state index contributed by atoms with van der Waals surface area (Å²) in [6.07, 6.45) is 1.02. The van der Waals surface area contributed by atoms with Crippen LogP contribution in [0.1, 0.15) is 5.56 Å². The van der Waals surface area contributed by atoms with Gasteiger partial charge < -0.3 is 15.7 Å². The van der Waals surface area contributed by atoms with E-state index in [0.717, 1.165) is 26.1 Å². The summed E-state index contributed by atoms with van der Waals surface area (Å²) in [7, 11) is 0. The van der Waals surface area contributed by atoms with Gasteiger partial charge >= 0.3 is 0 Å². The minimum atomic E-state index is 0.337. The van der Waals surface area contributed by atoms with Crippen molar-refractivity contribution in [1.29, 1.82) is 0 Å². The summed E-state index contributed by atoms with van der Waals surface area (Å²) in [6.45, 7) is 3.13. The Balaban J connectivity index is 1.92. The monoisotopic (exact) mass is 192 g/mol. The zero-order chi connectivity index (χ0) is 9.80. The number of aromatic hydroxyl groups is 1. The molecule has 0 radical (unpaired) electrons. The highest BCUT2D eigenvalue weighted by Crippen LogP contribution is 2.11. The number of benzene rings is 1. The van der Waals surface area contributed by atoms with E-state index in [1.165, 1.54) is 5.56 Å². The van der Waals surface area contributed by atoms with Gasteiger partial charge in [-0.1, -0.05) is 12.1 Å². The number of phenolic OH excluding ortho intramolecular Hbond substituents is 1. The number of phenols is 1. The van der Waals surface area contributed by atoms with Crippen molar-refractivity contribution >= 4 is 0 Å². The van der Waals surface area contributed by atoms with Crippen molar-refractivity contribution in [3.8, 4) is 5.75 Å². The quantitative estimate of drug-likeness (QED) is 0.639. The Morgan fingerprint density at radius 2 is 2.00 bits per heavy atom. The summed E-state index contributed by atoms with van der Waals surface area (Å²) in [5.41, 5.74) is 1.27. The number of nitrogens with one attached hydrogen (secondary N) is 2. The lowest BCUT2D eigenvalue weighted by atomic mass is 10.0. The predicted molar refractivity (Wildman–Crippen MR) is 56.5 cm³/mol. The maximum Gasteiger partial charge on any atom is 0.115 e. The van der Waals surface area contributed by atoms with Crippen molar-refractivity contribution in [2.45, 2.75) is 12.5 Å². The average molecular weight is 192 g/mol. The number of hydrogen-bond donors (Lipinski definition) is 3. The number of hydrogen-bond acceptors (Lipinski definition) is 3. The van der Waals surface area contributed by atoms with Crippen LogP contribution in [0.4, 0.5) is 0 Å². The Morgan fingerprint density at radius 3 is 2.64 bits per heavy atom. The molecule has 3 N–H and O–H groups in total. The van der Waals surface area contributed by atoms with Crippen LogP contribution in [-0.2, 0) is 6.42 Å². The molecule has 0 aromatic heterocycles. The third-order valence-corrected chi connectivity index (χ3v) is 2.54. The molecule has 1 aliphatic rings. The van der Waals surface area contributed by atoms with E-state index in [1.54, 1.807) is 12.1 Å². The van der Waals surface area contributed by atoms with Gasteiger partial charge in [-0.05, 0) is 24.1 Å².